The van der Waals surface area contributed by atoms with Gasteiger partial charge in [-0.25, -0.2) is 4.79 Å². The summed E-state index contributed by atoms with van der Waals surface area (Å²) in [5.74, 6) is -0.292. The first kappa shape index (κ1) is 16.4. The Labute approximate surface area is 114 Å². The van der Waals surface area contributed by atoms with Gasteiger partial charge in [0.15, 0.2) is 0 Å². The highest BCUT2D eigenvalue weighted by Gasteiger charge is 2.39. The number of esters is 1. The second-order valence-electron chi connectivity index (χ2n) is 4.90. The number of methoxy groups -OCH3 is 2. The summed E-state index contributed by atoms with van der Waals surface area (Å²) in [7, 11) is 3.02. The van der Waals surface area contributed by atoms with Crippen LogP contribution in [0.2, 0.25) is 0 Å². The van der Waals surface area contributed by atoms with Crippen molar-refractivity contribution in [3.63, 3.8) is 0 Å². The summed E-state index contributed by atoms with van der Waals surface area (Å²) in [4.78, 5) is 11.8. The molecule has 6 heteroatoms. The van der Waals surface area contributed by atoms with E-state index >= 15 is 0 Å². The number of hydrogen-bond acceptors (Lipinski definition) is 6. The summed E-state index contributed by atoms with van der Waals surface area (Å²) in [6.07, 6.45) is 2.21. The van der Waals surface area contributed by atoms with Gasteiger partial charge >= 0.3 is 5.97 Å². The molecule has 6 nitrogen and oxygen atoms in total. The SMILES string of the molecule is COCCOCCOCC(C)(NC1CC1)C(=O)OC. The van der Waals surface area contributed by atoms with Gasteiger partial charge in [0.05, 0.1) is 40.1 Å². The zero-order chi connectivity index (χ0) is 14.1. The third-order valence-electron chi connectivity index (χ3n) is 2.93. The lowest BCUT2D eigenvalue weighted by Crippen LogP contribution is -2.54. The largest absolute Gasteiger partial charge is 0.468 e. The fourth-order valence-electron chi connectivity index (χ4n) is 1.70. The summed E-state index contributed by atoms with van der Waals surface area (Å²) in [5, 5.41) is 3.27. The van der Waals surface area contributed by atoms with Crippen LogP contribution < -0.4 is 5.32 Å². The fourth-order valence-corrected chi connectivity index (χ4v) is 1.70. The molecular formula is C13H25NO5. The lowest BCUT2D eigenvalue weighted by molar-refractivity contribution is -0.151. The van der Waals surface area contributed by atoms with Crippen LogP contribution in [0.1, 0.15) is 19.8 Å². The highest BCUT2D eigenvalue weighted by Crippen LogP contribution is 2.23. The van der Waals surface area contributed by atoms with Crippen molar-refractivity contribution in [3.05, 3.63) is 0 Å². The first-order valence-corrected chi connectivity index (χ1v) is 6.63. The first-order valence-electron chi connectivity index (χ1n) is 6.63. The maximum absolute atomic E-state index is 11.8. The van der Waals surface area contributed by atoms with E-state index in [0.717, 1.165) is 12.8 Å². The van der Waals surface area contributed by atoms with E-state index in [0.29, 0.717) is 32.5 Å². The van der Waals surface area contributed by atoms with Crippen LogP contribution in [-0.2, 0) is 23.7 Å². The molecule has 1 unspecified atom stereocenters. The molecule has 112 valence electrons. The van der Waals surface area contributed by atoms with E-state index in [1.807, 2.05) is 6.92 Å². The molecule has 1 saturated carbocycles. The predicted octanol–water partition coefficient (Wildman–Crippen LogP) is 0.350. The number of nitrogens with one attached hydrogen (secondary N) is 1. The van der Waals surface area contributed by atoms with E-state index in [2.05, 4.69) is 5.32 Å². The molecule has 0 spiro atoms. The summed E-state index contributed by atoms with van der Waals surface area (Å²) in [6.45, 7) is 4.15. The van der Waals surface area contributed by atoms with Gasteiger partial charge in [0.1, 0.15) is 5.54 Å². The van der Waals surface area contributed by atoms with E-state index in [-0.39, 0.29) is 12.6 Å². The van der Waals surface area contributed by atoms with Crippen LogP contribution in [0.25, 0.3) is 0 Å². The maximum Gasteiger partial charge on any atom is 0.328 e. The molecule has 0 saturated heterocycles. The van der Waals surface area contributed by atoms with Gasteiger partial charge in [-0.05, 0) is 19.8 Å². The van der Waals surface area contributed by atoms with E-state index in [1.54, 1.807) is 7.11 Å². The minimum absolute atomic E-state index is 0.282. The average Bonchev–Trinajstić information content (AvgIpc) is 3.20. The molecule has 0 radical (unpaired) electrons. The zero-order valence-corrected chi connectivity index (χ0v) is 12.1. The van der Waals surface area contributed by atoms with Gasteiger partial charge in [0, 0.05) is 13.2 Å². The minimum Gasteiger partial charge on any atom is -0.468 e. The number of rotatable bonds is 11. The van der Waals surface area contributed by atoms with Crippen LogP contribution in [0.4, 0.5) is 0 Å². The molecule has 19 heavy (non-hydrogen) atoms. The molecule has 1 N–H and O–H groups in total. The Kier molecular flexibility index (Phi) is 7.30. The molecule has 0 aromatic rings. The monoisotopic (exact) mass is 275 g/mol. The Morgan fingerprint density at radius 1 is 1.16 bits per heavy atom. The molecule has 0 heterocycles. The van der Waals surface area contributed by atoms with E-state index in [1.165, 1.54) is 7.11 Å². The van der Waals surface area contributed by atoms with Crippen molar-refractivity contribution >= 4 is 5.97 Å². The zero-order valence-electron chi connectivity index (χ0n) is 12.1. The normalized spacial score (nSPS) is 18.1. The number of ether oxygens (including phenoxy) is 4. The minimum atomic E-state index is -0.775. The number of hydrogen-bond donors (Lipinski definition) is 1. The van der Waals surface area contributed by atoms with Crippen LogP contribution >= 0.6 is 0 Å². The Bertz CT molecular complexity index is 270. The van der Waals surface area contributed by atoms with Crippen LogP contribution in [0.5, 0.6) is 0 Å². The molecule has 1 atom stereocenters. The Balaban J connectivity index is 2.19. The third-order valence-corrected chi connectivity index (χ3v) is 2.93. The van der Waals surface area contributed by atoms with Gasteiger partial charge in [-0.2, -0.15) is 0 Å². The summed E-state index contributed by atoms with van der Waals surface area (Å²) >= 11 is 0. The van der Waals surface area contributed by atoms with E-state index in [9.17, 15) is 4.79 Å². The van der Waals surface area contributed by atoms with E-state index < -0.39 is 5.54 Å². The van der Waals surface area contributed by atoms with Gasteiger partial charge in [0.2, 0.25) is 0 Å². The van der Waals surface area contributed by atoms with Crippen molar-refractivity contribution in [2.24, 2.45) is 0 Å². The Morgan fingerprint density at radius 3 is 2.37 bits per heavy atom. The van der Waals surface area contributed by atoms with Gasteiger partial charge in [-0.15, -0.1) is 0 Å². The van der Waals surface area contributed by atoms with E-state index in [4.69, 9.17) is 18.9 Å². The summed E-state index contributed by atoms with van der Waals surface area (Å²) in [5.41, 5.74) is -0.775. The van der Waals surface area contributed by atoms with Crippen molar-refractivity contribution in [1.29, 1.82) is 0 Å². The van der Waals surface area contributed by atoms with Crippen molar-refractivity contribution in [1.82, 2.24) is 5.32 Å². The fraction of sp³-hybridized carbons (Fsp3) is 0.923. The second kappa shape index (κ2) is 8.47. The quantitative estimate of drug-likeness (QED) is 0.433. The smallest absolute Gasteiger partial charge is 0.328 e. The summed E-state index contributed by atoms with van der Waals surface area (Å²) in [6, 6.07) is 0.408. The van der Waals surface area contributed by atoms with Gasteiger partial charge in [0.25, 0.3) is 0 Å². The Hall–Kier alpha value is -0.690. The van der Waals surface area contributed by atoms with Crippen LogP contribution in [0.15, 0.2) is 0 Å². The van der Waals surface area contributed by atoms with Crippen molar-refractivity contribution < 1.29 is 23.7 Å². The molecular weight excluding hydrogens is 250 g/mol. The summed E-state index contributed by atoms with van der Waals surface area (Å²) < 4.78 is 20.5. The highest BCUT2D eigenvalue weighted by atomic mass is 16.5. The number of carbonyl (C=O) groups is 1. The van der Waals surface area contributed by atoms with Crippen molar-refractivity contribution in [2.75, 3.05) is 47.3 Å². The third kappa shape index (κ3) is 6.33. The predicted molar refractivity (Wildman–Crippen MR) is 70.1 cm³/mol. The molecule has 0 aliphatic heterocycles. The highest BCUT2D eigenvalue weighted by molar-refractivity contribution is 5.80. The molecule has 0 bridgehead atoms. The van der Waals surface area contributed by atoms with Crippen molar-refractivity contribution in [3.8, 4) is 0 Å². The van der Waals surface area contributed by atoms with Crippen LogP contribution in [-0.4, -0.2) is 64.8 Å². The molecule has 1 rings (SSSR count). The van der Waals surface area contributed by atoms with Crippen LogP contribution in [0.3, 0.4) is 0 Å². The van der Waals surface area contributed by atoms with Gasteiger partial charge < -0.3 is 18.9 Å². The molecule has 0 aromatic carbocycles. The van der Waals surface area contributed by atoms with Crippen LogP contribution in [0, 0.1) is 0 Å². The number of carbonyl (C=O) groups excluding carboxylic acids is 1. The topological polar surface area (TPSA) is 66.0 Å². The second-order valence-corrected chi connectivity index (χ2v) is 4.90. The lowest BCUT2D eigenvalue weighted by atomic mass is 10.0. The molecule has 1 aliphatic rings. The maximum atomic E-state index is 11.8. The standard InChI is InChI=1S/C13H25NO5/c1-13(12(15)17-3,14-11-4-5-11)10-19-9-8-18-7-6-16-2/h11,14H,4-10H2,1-3H3. The van der Waals surface area contributed by atoms with Gasteiger partial charge in [-0.3, -0.25) is 5.32 Å². The average molecular weight is 275 g/mol. The Morgan fingerprint density at radius 2 is 1.79 bits per heavy atom. The first-order chi connectivity index (χ1) is 9.12. The molecule has 1 fully saturated rings. The lowest BCUT2D eigenvalue weighted by Gasteiger charge is -2.27. The van der Waals surface area contributed by atoms with Crippen molar-refractivity contribution in [2.45, 2.75) is 31.3 Å². The molecule has 0 aromatic heterocycles. The molecule has 0 amide bonds. The van der Waals surface area contributed by atoms with Gasteiger partial charge in [-0.1, -0.05) is 0 Å². The molecule has 1 aliphatic carbocycles.